The molecule has 2 aliphatic rings. The summed E-state index contributed by atoms with van der Waals surface area (Å²) >= 11 is 0. The van der Waals surface area contributed by atoms with Crippen LogP contribution in [0.2, 0.25) is 0 Å². The summed E-state index contributed by atoms with van der Waals surface area (Å²) in [6, 6.07) is 7.70. The number of benzene rings is 1. The van der Waals surface area contributed by atoms with Crippen LogP contribution in [-0.4, -0.2) is 28.2 Å². The topological polar surface area (TPSA) is 62.0 Å². The molecule has 1 heterocycles. The van der Waals surface area contributed by atoms with Crippen LogP contribution < -0.4 is 4.74 Å². The van der Waals surface area contributed by atoms with Gasteiger partial charge in [-0.3, -0.25) is 0 Å². The van der Waals surface area contributed by atoms with E-state index >= 15 is 0 Å². The Hall–Kier alpha value is -1.55. The van der Waals surface area contributed by atoms with E-state index < -0.39 is 6.10 Å². The third-order valence-corrected chi connectivity index (χ3v) is 4.06. The van der Waals surface area contributed by atoms with Crippen molar-refractivity contribution in [3.05, 3.63) is 29.8 Å². The van der Waals surface area contributed by atoms with Gasteiger partial charge in [0.1, 0.15) is 17.6 Å². The number of ether oxygens (including phenoxy) is 1. The Labute approximate surface area is 106 Å². The lowest BCUT2D eigenvalue weighted by Gasteiger charge is -2.40. The summed E-state index contributed by atoms with van der Waals surface area (Å²) in [6.45, 7) is 3.93. The highest BCUT2D eigenvalue weighted by Crippen LogP contribution is 2.49. The van der Waals surface area contributed by atoms with E-state index in [1.807, 2.05) is 38.1 Å². The average Bonchev–Trinajstić information content (AvgIpc) is 2.66. The fourth-order valence-corrected chi connectivity index (χ4v) is 3.20. The molecule has 1 aromatic carbocycles. The Bertz CT molecular complexity index is 510. The molecule has 0 amide bonds. The van der Waals surface area contributed by atoms with Crippen LogP contribution in [0, 0.1) is 5.41 Å². The van der Waals surface area contributed by atoms with E-state index in [0.29, 0.717) is 12.1 Å². The summed E-state index contributed by atoms with van der Waals surface area (Å²) in [5.74, 6) is 0.658. The van der Waals surface area contributed by atoms with Crippen LogP contribution in [0.25, 0.3) is 0 Å². The predicted molar refractivity (Wildman–Crippen MR) is 67.2 cm³/mol. The smallest absolute Gasteiger partial charge is 0.150 e. The van der Waals surface area contributed by atoms with Crippen molar-refractivity contribution in [1.82, 2.24) is 0 Å². The van der Waals surface area contributed by atoms with Crippen LogP contribution in [0.3, 0.4) is 0 Å². The quantitative estimate of drug-likeness (QED) is 0.545. The molecule has 3 rings (SSSR count). The van der Waals surface area contributed by atoms with Crippen LogP contribution in [0.1, 0.15) is 31.7 Å². The lowest BCUT2D eigenvalue weighted by atomic mass is 9.67. The molecule has 1 aromatic rings. The number of nitrogens with zero attached hydrogens (tertiary/aromatic N) is 1. The number of aliphatic hydroxyl groups is 1. The maximum absolute atomic E-state index is 10.4. The van der Waals surface area contributed by atoms with E-state index in [-0.39, 0.29) is 17.4 Å². The third kappa shape index (κ3) is 1.45. The van der Waals surface area contributed by atoms with Gasteiger partial charge < -0.3 is 15.1 Å². The monoisotopic (exact) mass is 247 g/mol. The van der Waals surface area contributed by atoms with Gasteiger partial charge in [0.05, 0.1) is 12.0 Å². The summed E-state index contributed by atoms with van der Waals surface area (Å²) in [5.41, 5.74) is 1.28. The fraction of sp³-hybridized carbons (Fsp3) is 0.500. The van der Waals surface area contributed by atoms with E-state index in [1.165, 1.54) is 0 Å². The molecular weight excluding hydrogens is 230 g/mol. The van der Waals surface area contributed by atoms with Crippen molar-refractivity contribution in [2.24, 2.45) is 10.6 Å². The first kappa shape index (κ1) is 11.5. The Balaban J connectivity index is 2.08. The van der Waals surface area contributed by atoms with Gasteiger partial charge in [0.15, 0.2) is 0 Å². The van der Waals surface area contributed by atoms with Gasteiger partial charge in [-0.2, -0.15) is 0 Å². The van der Waals surface area contributed by atoms with Gasteiger partial charge >= 0.3 is 0 Å². The Kier molecular flexibility index (Phi) is 2.38. The minimum atomic E-state index is -0.473. The van der Waals surface area contributed by atoms with Crippen molar-refractivity contribution >= 4 is 5.71 Å². The van der Waals surface area contributed by atoms with Gasteiger partial charge in [-0.05, 0) is 12.5 Å². The molecule has 3 atom stereocenters. The molecule has 1 fully saturated rings. The largest absolute Gasteiger partial charge is 0.483 e. The number of aliphatic hydroxyl groups excluding tert-OH is 1. The molecule has 4 heteroatoms. The van der Waals surface area contributed by atoms with Crippen LogP contribution in [-0.2, 0) is 0 Å². The zero-order valence-corrected chi connectivity index (χ0v) is 10.5. The number of hydrogen-bond donors (Lipinski definition) is 2. The first-order valence-corrected chi connectivity index (χ1v) is 6.20. The molecule has 18 heavy (non-hydrogen) atoms. The number of para-hydroxylation sites is 1. The van der Waals surface area contributed by atoms with Crippen LogP contribution in [0.15, 0.2) is 29.4 Å². The van der Waals surface area contributed by atoms with Gasteiger partial charge in [-0.25, -0.2) is 0 Å². The van der Waals surface area contributed by atoms with Gasteiger partial charge in [0.25, 0.3) is 0 Å². The number of hydrogen-bond acceptors (Lipinski definition) is 4. The molecule has 0 aromatic heterocycles. The van der Waals surface area contributed by atoms with Crippen molar-refractivity contribution < 1.29 is 15.1 Å². The van der Waals surface area contributed by atoms with Crippen molar-refractivity contribution in [2.45, 2.75) is 38.4 Å². The van der Waals surface area contributed by atoms with Gasteiger partial charge in [0, 0.05) is 11.0 Å². The Morgan fingerprint density at radius 1 is 1.33 bits per heavy atom. The predicted octanol–water partition coefficient (Wildman–Crippen LogP) is 2.15. The van der Waals surface area contributed by atoms with Crippen LogP contribution in [0.5, 0.6) is 5.75 Å². The standard InChI is InChI=1S/C14H17NO3/c1-14(2)7-9(16)11-8-5-3-4-6-10(8)18-12(11)13(14)15-17/h3-6,9,11-12,16-17H,7H2,1-2H3. The van der Waals surface area contributed by atoms with Crippen molar-refractivity contribution in [1.29, 1.82) is 0 Å². The number of oxime groups is 1. The van der Waals surface area contributed by atoms with E-state index in [9.17, 15) is 10.3 Å². The molecule has 3 unspecified atom stereocenters. The highest BCUT2D eigenvalue weighted by molar-refractivity contribution is 5.96. The minimum absolute atomic E-state index is 0.125. The van der Waals surface area contributed by atoms with E-state index in [1.54, 1.807) is 0 Å². The third-order valence-electron chi connectivity index (χ3n) is 4.06. The second kappa shape index (κ2) is 3.72. The Morgan fingerprint density at radius 2 is 2.06 bits per heavy atom. The van der Waals surface area contributed by atoms with Crippen LogP contribution >= 0.6 is 0 Å². The van der Waals surface area contributed by atoms with Gasteiger partial charge in [-0.1, -0.05) is 37.2 Å². The lowest BCUT2D eigenvalue weighted by molar-refractivity contribution is 0.0583. The summed E-state index contributed by atoms with van der Waals surface area (Å²) in [6.07, 6.45) is -0.254. The highest BCUT2D eigenvalue weighted by Gasteiger charge is 2.52. The van der Waals surface area contributed by atoms with Crippen molar-refractivity contribution in [2.75, 3.05) is 0 Å². The van der Waals surface area contributed by atoms with E-state index in [2.05, 4.69) is 5.16 Å². The molecule has 0 radical (unpaired) electrons. The molecular formula is C14H17NO3. The second-order valence-electron chi connectivity index (χ2n) is 5.74. The van der Waals surface area contributed by atoms with Crippen molar-refractivity contribution in [3.8, 4) is 5.75 Å². The molecule has 2 N–H and O–H groups in total. The number of fused-ring (bicyclic) bond motifs is 3. The van der Waals surface area contributed by atoms with Crippen LogP contribution in [0.4, 0.5) is 0 Å². The molecule has 1 aliphatic carbocycles. The summed E-state index contributed by atoms with van der Waals surface area (Å²) < 4.78 is 5.87. The molecule has 0 saturated heterocycles. The first-order valence-electron chi connectivity index (χ1n) is 6.20. The van der Waals surface area contributed by atoms with Crippen molar-refractivity contribution in [3.63, 3.8) is 0 Å². The van der Waals surface area contributed by atoms with E-state index in [4.69, 9.17) is 4.74 Å². The fourth-order valence-electron chi connectivity index (χ4n) is 3.20. The molecule has 1 saturated carbocycles. The van der Waals surface area contributed by atoms with Gasteiger partial charge in [0.2, 0.25) is 0 Å². The molecule has 0 spiro atoms. The SMILES string of the molecule is CC1(C)CC(O)C2c3ccccc3OC2C1=NO. The maximum Gasteiger partial charge on any atom is 0.150 e. The molecule has 0 bridgehead atoms. The van der Waals surface area contributed by atoms with Gasteiger partial charge in [-0.15, -0.1) is 0 Å². The zero-order valence-electron chi connectivity index (χ0n) is 10.5. The highest BCUT2D eigenvalue weighted by atomic mass is 16.5. The average molecular weight is 247 g/mol. The summed E-state index contributed by atoms with van der Waals surface area (Å²) in [5, 5.41) is 23.1. The number of rotatable bonds is 0. The first-order chi connectivity index (χ1) is 8.54. The maximum atomic E-state index is 10.4. The lowest BCUT2D eigenvalue weighted by Crippen LogP contribution is -2.50. The normalized spacial score (nSPS) is 34.8. The minimum Gasteiger partial charge on any atom is -0.483 e. The molecule has 4 nitrogen and oxygen atoms in total. The summed E-state index contributed by atoms with van der Waals surface area (Å²) in [4.78, 5) is 0. The molecule has 1 aliphatic heterocycles. The molecule has 96 valence electrons. The second-order valence-corrected chi connectivity index (χ2v) is 5.74. The summed E-state index contributed by atoms with van der Waals surface area (Å²) in [7, 11) is 0. The zero-order chi connectivity index (χ0) is 12.9. The van der Waals surface area contributed by atoms with E-state index in [0.717, 1.165) is 11.3 Å². The Morgan fingerprint density at radius 3 is 2.78 bits per heavy atom.